The second-order valence-electron chi connectivity index (χ2n) is 18.8. The van der Waals surface area contributed by atoms with E-state index in [1.807, 2.05) is 24.3 Å². The molecule has 0 aliphatic carbocycles. The standard InChI is InChI=1S/C53H66N2O11/c1-35(56)64-52-48(63-6)33-39-24-28-55(3,26-14-10-8-12-16-50(59)60)43-30-37-19-22-44(61-4)46(31-37)65-40-20-17-36(18-21-40)29-42-41-34-47(66-53(52)51(39)43)45(62-5)32-38(41)23-27-54(42,2)25-13-9-7-11-15-49(57)58/h17-22,31-34,42-43H,7-16,23-30H2,1-6H3/p+2. The molecule has 0 spiro atoms. The Kier molecular flexibility index (Phi) is 15.5. The monoisotopic (exact) mass is 908 g/mol. The van der Waals surface area contributed by atoms with E-state index < -0.39 is 17.9 Å². The summed E-state index contributed by atoms with van der Waals surface area (Å²) in [5.41, 5.74) is 6.52. The van der Waals surface area contributed by atoms with Crippen molar-refractivity contribution in [3.05, 3.63) is 94.0 Å². The topological polar surface area (TPSA) is 147 Å². The quantitative estimate of drug-likeness (QED) is 0.0426. The minimum atomic E-state index is -0.772. The van der Waals surface area contributed by atoms with Crippen molar-refractivity contribution in [3.63, 3.8) is 0 Å². The molecule has 4 aromatic carbocycles. The molecule has 4 unspecified atom stereocenters. The van der Waals surface area contributed by atoms with Crippen molar-refractivity contribution in [1.29, 1.82) is 0 Å². The molecular weight excluding hydrogens is 841 g/mol. The fraction of sp³-hybridized carbons (Fsp3) is 0.491. The molecule has 0 radical (unpaired) electrons. The molecule has 13 nitrogen and oxygen atoms in total. The lowest BCUT2D eigenvalue weighted by Crippen LogP contribution is -2.52. The van der Waals surface area contributed by atoms with Crippen LogP contribution in [0.4, 0.5) is 0 Å². The lowest BCUT2D eigenvalue weighted by molar-refractivity contribution is -0.941. The molecular formula is C53H68N2O11+2. The third kappa shape index (κ3) is 11.1. The largest absolute Gasteiger partial charge is 0.493 e. The average molecular weight is 909 g/mol. The number of methoxy groups -OCH3 is 3. The van der Waals surface area contributed by atoms with Crippen LogP contribution in [0.5, 0.6) is 46.0 Å². The number of unbranched alkanes of at least 4 members (excludes halogenated alkanes) is 6. The maximum absolute atomic E-state index is 13.1. The SMILES string of the molecule is COc1ccc2cc1Oc1ccc(cc1)CC1c3cc(c(OC)cc3CC[N+]1(C)CCCCCCC(=O)O)Oc1c(OC(C)=O)c(OC)cc3c1C(C2)[N+](C)(CCCCCCC(=O)O)CC3. The van der Waals surface area contributed by atoms with Crippen LogP contribution in [0.15, 0.2) is 60.7 Å². The number of ether oxygens (including phenoxy) is 6. The number of carboxylic acid groups (broad SMARTS) is 2. The molecule has 4 aliphatic heterocycles. The minimum absolute atomic E-state index is 0.0406. The molecule has 66 heavy (non-hydrogen) atoms. The Bertz CT molecular complexity index is 2380. The molecule has 4 heterocycles. The van der Waals surface area contributed by atoms with Gasteiger partial charge in [-0.3, -0.25) is 14.4 Å². The van der Waals surface area contributed by atoms with Gasteiger partial charge in [-0.25, -0.2) is 0 Å². The summed E-state index contributed by atoms with van der Waals surface area (Å²) in [4.78, 5) is 35.6. The van der Waals surface area contributed by atoms with Crippen LogP contribution in [0.25, 0.3) is 0 Å². The molecule has 354 valence electrons. The smallest absolute Gasteiger partial charge is 0.308 e. The Hall–Kier alpha value is -5.79. The van der Waals surface area contributed by atoms with E-state index in [2.05, 4.69) is 50.5 Å². The van der Waals surface area contributed by atoms with Gasteiger partial charge in [0, 0.05) is 51.0 Å². The van der Waals surface area contributed by atoms with Crippen LogP contribution in [0.1, 0.15) is 117 Å². The van der Waals surface area contributed by atoms with Crippen molar-refractivity contribution < 1.29 is 62.0 Å². The number of quaternary nitrogens is 2. The zero-order chi connectivity index (χ0) is 47.0. The number of nitrogens with zero attached hydrogens (tertiary/aromatic N) is 2. The number of aliphatic carboxylic acids is 2. The van der Waals surface area contributed by atoms with E-state index >= 15 is 0 Å². The first kappa shape index (κ1) is 48.2. The number of likely N-dealkylation sites (N-methyl/N-ethyl adjacent to an activating group) is 2. The zero-order valence-electron chi connectivity index (χ0n) is 39.6. The van der Waals surface area contributed by atoms with Crippen molar-refractivity contribution in [2.24, 2.45) is 0 Å². The molecule has 0 fully saturated rings. The van der Waals surface area contributed by atoms with Gasteiger partial charge in [0.05, 0.1) is 67.2 Å². The van der Waals surface area contributed by atoms with Crippen molar-refractivity contribution >= 4 is 17.9 Å². The number of benzene rings is 4. The maximum Gasteiger partial charge on any atom is 0.308 e. The van der Waals surface area contributed by atoms with Gasteiger partial charge in [0.2, 0.25) is 5.75 Å². The molecule has 4 aromatic rings. The second-order valence-corrected chi connectivity index (χ2v) is 18.8. The average Bonchev–Trinajstić information content (AvgIpc) is 3.28. The van der Waals surface area contributed by atoms with Crippen LogP contribution in [-0.2, 0) is 40.1 Å². The van der Waals surface area contributed by atoms with Crippen LogP contribution in [-0.4, -0.2) is 98.7 Å². The van der Waals surface area contributed by atoms with Gasteiger partial charge in [-0.15, -0.1) is 0 Å². The number of hydrogen-bond acceptors (Lipinski definition) is 9. The first-order valence-corrected chi connectivity index (χ1v) is 23.6. The molecule has 8 rings (SSSR count). The zero-order valence-corrected chi connectivity index (χ0v) is 39.6. The molecule has 6 bridgehead atoms. The molecule has 0 saturated heterocycles. The summed E-state index contributed by atoms with van der Waals surface area (Å²) in [6, 6.07) is 20.5. The fourth-order valence-corrected chi connectivity index (χ4v) is 10.5. The summed E-state index contributed by atoms with van der Waals surface area (Å²) >= 11 is 0. The van der Waals surface area contributed by atoms with Gasteiger partial charge < -0.3 is 47.6 Å². The van der Waals surface area contributed by atoms with E-state index in [1.54, 1.807) is 21.3 Å². The van der Waals surface area contributed by atoms with E-state index in [0.717, 1.165) is 116 Å². The van der Waals surface area contributed by atoms with E-state index in [-0.39, 0.29) is 30.7 Å². The van der Waals surface area contributed by atoms with Crippen molar-refractivity contribution in [2.45, 2.75) is 109 Å². The third-order valence-electron chi connectivity index (χ3n) is 14.3. The van der Waals surface area contributed by atoms with Gasteiger partial charge in [0.1, 0.15) is 17.8 Å². The van der Waals surface area contributed by atoms with Gasteiger partial charge in [-0.05, 0) is 103 Å². The highest BCUT2D eigenvalue weighted by atomic mass is 16.6. The molecule has 0 saturated carbocycles. The lowest BCUT2D eigenvalue weighted by Gasteiger charge is -2.47. The van der Waals surface area contributed by atoms with Crippen LogP contribution in [0.2, 0.25) is 0 Å². The van der Waals surface area contributed by atoms with Gasteiger partial charge in [0.15, 0.2) is 34.5 Å². The van der Waals surface area contributed by atoms with Crippen LogP contribution < -0.4 is 28.4 Å². The minimum Gasteiger partial charge on any atom is -0.493 e. The summed E-state index contributed by atoms with van der Waals surface area (Å²) < 4.78 is 39.5. The van der Waals surface area contributed by atoms with Gasteiger partial charge in [-0.1, -0.05) is 31.0 Å². The van der Waals surface area contributed by atoms with Gasteiger partial charge in [-0.2, -0.15) is 0 Å². The lowest BCUT2D eigenvalue weighted by atomic mass is 9.84. The Morgan fingerprint density at radius 3 is 1.77 bits per heavy atom. The van der Waals surface area contributed by atoms with Crippen molar-refractivity contribution in [3.8, 4) is 46.0 Å². The Labute approximate surface area is 389 Å². The molecule has 0 amide bonds. The van der Waals surface area contributed by atoms with Crippen LogP contribution >= 0.6 is 0 Å². The predicted octanol–water partition coefficient (Wildman–Crippen LogP) is 10.2. The van der Waals surface area contributed by atoms with Crippen LogP contribution in [0, 0.1) is 0 Å². The first-order chi connectivity index (χ1) is 31.7. The first-order valence-electron chi connectivity index (χ1n) is 23.6. The fourth-order valence-electron chi connectivity index (χ4n) is 10.5. The number of fused-ring (bicyclic) bond motifs is 2. The Balaban J connectivity index is 1.41. The van der Waals surface area contributed by atoms with Gasteiger partial charge >= 0.3 is 17.9 Å². The molecule has 4 aliphatic rings. The van der Waals surface area contributed by atoms with E-state index in [9.17, 15) is 24.6 Å². The third-order valence-corrected chi connectivity index (χ3v) is 14.3. The number of esters is 1. The summed E-state index contributed by atoms with van der Waals surface area (Å²) in [6.07, 6.45) is 9.99. The van der Waals surface area contributed by atoms with Crippen molar-refractivity contribution in [2.75, 3.05) is 61.6 Å². The number of carbonyl (C=O) groups is 3. The molecule has 0 aromatic heterocycles. The molecule has 2 N–H and O–H groups in total. The highest BCUT2D eigenvalue weighted by Crippen LogP contribution is 2.54. The normalized spacial score (nSPS) is 20.7. The van der Waals surface area contributed by atoms with Crippen molar-refractivity contribution in [1.82, 2.24) is 0 Å². The van der Waals surface area contributed by atoms with Gasteiger partial charge in [0.25, 0.3) is 0 Å². The van der Waals surface area contributed by atoms with E-state index in [4.69, 9.17) is 28.4 Å². The van der Waals surface area contributed by atoms with Crippen LogP contribution in [0.3, 0.4) is 0 Å². The highest BCUT2D eigenvalue weighted by molar-refractivity contribution is 5.74. The summed E-state index contributed by atoms with van der Waals surface area (Å²) in [6.45, 7) is 4.89. The highest BCUT2D eigenvalue weighted by Gasteiger charge is 2.44. The summed E-state index contributed by atoms with van der Waals surface area (Å²) in [5.74, 6) is 2.01. The predicted molar refractivity (Wildman–Crippen MR) is 250 cm³/mol. The number of rotatable bonds is 18. The maximum atomic E-state index is 13.1. The molecule has 4 atom stereocenters. The molecule has 13 heteroatoms. The van der Waals surface area contributed by atoms with E-state index in [1.165, 1.54) is 12.5 Å². The summed E-state index contributed by atoms with van der Waals surface area (Å²) in [5, 5.41) is 18.5. The van der Waals surface area contributed by atoms with E-state index in [0.29, 0.717) is 64.0 Å². The number of carboxylic acids is 2. The number of carbonyl (C=O) groups excluding carboxylic acids is 1. The Morgan fingerprint density at radius 2 is 1.17 bits per heavy atom. The second kappa shape index (κ2) is 21.2. The summed E-state index contributed by atoms with van der Waals surface area (Å²) in [7, 11) is 9.50. The number of hydrogen-bond donors (Lipinski definition) is 2. The Morgan fingerprint density at radius 1 is 0.621 bits per heavy atom.